The van der Waals surface area contributed by atoms with Crippen LogP contribution in [-0.4, -0.2) is 57.2 Å². The number of ether oxygens (including phenoxy) is 1. The van der Waals surface area contributed by atoms with E-state index in [-0.39, 0.29) is 38.5 Å². The van der Waals surface area contributed by atoms with Crippen LogP contribution in [0, 0.1) is 6.92 Å². The maximum absolute atomic E-state index is 12.8. The molecule has 0 atom stereocenters. The van der Waals surface area contributed by atoms with Crippen LogP contribution in [0.5, 0.6) is 0 Å². The third kappa shape index (κ3) is 5.65. The Labute approximate surface area is 198 Å². The number of nitrogens with two attached hydrogens (primary N) is 1. The molecule has 1 aliphatic heterocycles. The third-order valence-corrected chi connectivity index (χ3v) is 5.20. The van der Waals surface area contributed by atoms with Crippen molar-refractivity contribution in [2.75, 3.05) is 37.7 Å². The van der Waals surface area contributed by atoms with Crippen molar-refractivity contribution in [3.05, 3.63) is 64.9 Å². The molecule has 9 nitrogen and oxygen atoms in total. The van der Waals surface area contributed by atoms with Crippen LogP contribution in [0.3, 0.4) is 0 Å². The van der Waals surface area contributed by atoms with Gasteiger partial charge in [0.15, 0.2) is 0 Å². The van der Waals surface area contributed by atoms with E-state index in [4.69, 9.17) is 10.5 Å². The van der Waals surface area contributed by atoms with Gasteiger partial charge in [-0.1, -0.05) is 7.43 Å². The lowest BCUT2D eigenvalue weighted by molar-refractivity contribution is 0.122. The molecule has 1 saturated heterocycles. The van der Waals surface area contributed by atoms with Crippen LogP contribution in [0.2, 0.25) is 0 Å². The van der Waals surface area contributed by atoms with E-state index in [1.54, 1.807) is 6.20 Å². The van der Waals surface area contributed by atoms with Gasteiger partial charge < -0.3 is 15.4 Å². The summed E-state index contributed by atoms with van der Waals surface area (Å²) < 4.78 is 20.7. The Morgan fingerprint density at radius 2 is 1.94 bits per heavy atom. The summed E-state index contributed by atoms with van der Waals surface area (Å²) in [7, 11) is 0. The molecule has 0 saturated carbocycles. The molecule has 0 spiro atoms. The highest BCUT2D eigenvalue weighted by Crippen LogP contribution is 2.23. The van der Waals surface area contributed by atoms with Crippen molar-refractivity contribution in [1.29, 1.82) is 0 Å². The van der Waals surface area contributed by atoms with Crippen molar-refractivity contribution < 1.29 is 9.13 Å². The van der Waals surface area contributed by atoms with Gasteiger partial charge in [-0.25, -0.2) is 28.4 Å². The Bertz CT molecular complexity index is 1140. The lowest BCUT2D eigenvalue weighted by Crippen LogP contribution is -2.36. The zero-order chi connectivity index (χ0) is 21.8. The van der Waals surface area contributed by atoms with E-state index >= 15 is 0 Å². The molecular formula is C22H29ClFN7O2. The first-order valence-corrected chi connectivity index (χ1v) is 9.99. The fraction of sp³-hybridized carbons (Fsp3) is 0.364. The summed E-state index contributed by atoms with van der Waals surface area (Å²) >= 11 is 0. The Kier molecular flexibility index (Phi) is 9.27. The van der Waals surface area contributed by atoms with Crippen molar-refractivity contribution in [1.82, 2.24) is 24.3 Å². The summed E-state index contributed by atoms with van der Waals surface area (Å²) in [4.78, 5) is 23.9. The monoisotopic (exact) mass is 477 g/mol. The molecule has 4 rings (SSSR count). The second-order valence-electron chi connectivity index (χ2n) is 7.28. The van der Waals surface area contributed by atoms with Gasteiger partial charge in [0.05, 0.1) is 26.1 Å². The van der Waals surface area contributed by atoms with Gasteiger partial charge in [-0.3, -0.25) is 0 Å². The fourth-order valence-corrected chi connectivity index (χ4v) is 3.44. The minimum atomic E-state index is -0.410. The summed E-state index contributed by atoms with van der Waals surface area (Å²) in [6.07, 6.45) is 5.30. The van der Waals surface area contributed by atoms with E-state index in [1.807, 2.05) is 31.3 Å². The van der Waals surface area contributed by atoms with Crippen LogP contribution in [0.25, 0.3) is 16.9 Å². The number of anilines is 1. The van der Waals surface area contributed by atoms with Gasteiger partial charge in [0, 0.05) is 43.2 Å². The lowest BCUT2D eigenvalue weighted by atomic mass is 10.1. The molecule has 0 aliphatic carbocycles. The van der Waals surface area contributed by atoms with Crippen molar-refractivity contribution >= 4 is 18.2 Å². The molecule has 0 unspecified atom stereocenters. The molecule has 33 heavy (non-hydrogen) atoms. The van der Waals surface area contributed by atoms with Crippen molar-refractivity contribution in [3.8, 4) is 16.9 Å². The topological polar surface area (TPSA) is 104 Å². The quantitative estimate of drug-likeness (QED) is 0.581. The van der Waals surface area contributed by atoms with Gasteiger partial charge in [0.25, 0.3) is 0 Å². The molecule has 4 heterocycles. The standard InChI is InChI=1S/C21H24FN7O2.CH4.ClH/c1-15-8-18(17-2-3-19(24-11-17)27-4-6-31-7-5-27)12-25-20(15)28-14-26-29(21(28)30)13-16(9-22)10-23;;/h2-3,8-9,11-12,14H,4-7,10,13,23H2,1H3;1H4;1H/b16-9+;;. The first kappa shape index (κ1) is 26.2. The largest absolute Gasteiger partial charge is 0.378 e. The molecule has 0 radical (unpaired) electrons. The molecule has 0 bridgehead atoms. The predicted octanol–water partition coefficient (Wildman–Crippen LogP) is 2.51. The number of aromatic nitrogens is 5. The number of pyridine rings is 2. The van der Waals surface area contributed by atoms with E-state index in [0.717, 1.165) is 40.3 Å². The smallest absolute Gasteiger partial charge is 0.351 e. The molecule has 178 valence electrons. The average molecular weight is 478 g/mol. The Hall–Kier alpha value is -3.08. The SMILES string of the molecule is C.Cc1cc(-c2ccc(N3CCOCC3)nc2)cnc1-n1cnn(C/C(=C/F)CN)c1=O.Cl. The maximum Gasteiger partial charge on any atom is 0.351 e. The van der Waals surface area contributed by atoms with Gasteiger partial charge in [-0.2, -0.15) is 5.10 Å². The summed E-state index contributed by atoms with van der Waals surface area (Å²) in [5, 5.41) is 4.04. The third-order valence-electron chi connectivity index (χ3n) is 5.20. The highest BCUT2D eigenvalue weighted by atomic mass is 35.5. The number of rotatable bonds is 6. The molecule has 3 aromatic heterocycles. The normalized spacial score (nSPS) is 13.9. The summed E-state index contributed by atoms with van der Waals surface area (Å²) in [6, 6.07) is 5.95. The van der Waals surface area contributed by atoms with E-state index in [2.05, 4.69) is 20.0 Å². The Balaban J connectivity index is 0.00000193. The molecule has 0 amide bonds. The number of aryl methyl sites for hydroxylation is 1. The predicted molar refractivity (Wildman–Crippen MR) is 129 cm³/mol. The number of hydrogen-bond acceptors (Lipinski definition) is 7. The Morgan fingerprint density at radius 1 is 1.21 bits per heavy atom. The fourth-order valence-electron chi connectivity index (χ4n) is 3.44. The highest BCUT2D eigenvalue weighted by molar-refractivity contribution is 5.85. The van der Waals surface area contributed by atoms with E-state index < -0.39 is 5.69 Å². The first-order chi connectivity index (χ1) is 15.1. The number of nitrogens with zero attached hydrogens (tertiary/aromatic N) is 6. The van der Waals surface area contributed by atoms with E-state index in [1.165, 1.54) is 10.9 Å². The molecular weight excluding hydrogens is 449 g/mol. The number of hydrogen-bond donors (Lipinski definition) is 1. The van der Waals surface area contributed by atoms with Crippen molar-refractivity contribution in [2.45, 2.75) is 20.9 Å². The average Bonchev–Trinajstić information content (AvgIpc) is 3.17. The van der Waals surface area contributed by atoms with E-state index in [0.29, 0.717) is 25.4 Å². The minimum Gasteiger partial charge on any atom is -0.378 e. The van der Waals surface area contributed by atoms with Gasteiger partial charge in [-0.05, 0) is 36.3 Å². The summed E-state index contributed by atoms with van der Waals surface area (Å²) in [5.41, 5.74) is 7.96. The second kappa shape index (κ2) is 11.7. The lowest BCUT2D eigenvalue weighted by Gasteiger charge is -2.27. The summed E-state index contributed by atoms with van der Waals surface area (Å²) in [6.45, 7) is 4.97. The minimum absolute atomic E-state index is 0. The molecule has 1 aliphatic rings. The van der Waals surface area contributed by atoms with Gasteiger partial charge >= 0.3 is 5.69 Å². The van der Waals surface area contributed by atoms with Gasteiger partial charge in [-0.15, -0.1) is 12.4 Å². The second-order valence-corrected chi connectivity index (χ2v) is 7.28. The van der Waals surface area contributed by atoms with Gasteiger partial charge in [0.1, 0.15) is 18.0 Å². The molecule has 2 N–H and O–H groups in total. The van der Waals surface area contributed by atoms with Gasteiger partial charge in [0.2, 0.25) is 0 Å². The summed E-state index contributed by atoms with van der Waals surface area (Å²) in [5.74, 6) is 1.39. The first-order valence-electron chi connectivity index (χ1n) is 9.99. The van der Waals surface area contributed by atoms with Crippen LogP contribution in [0.1, 0.15) is 13.0 Å². The van der Waals surface area contributed by atoms with Crippen LogP contribution in [0.15, 0.2) is 53.6 Å². The van der Waals surface area contributed by atoms with Crippen molar-refractivity contribution in [2.24, 2.45) is 5.73 Å². The Morgan fingerprint density at radius 3 is 2.55 bits per heavy atom. The zero-order valence-corrected chi connectivity index (χ0v) is 18.5. The maximum atomic E-state index is 12.8. The number of morpholine rings is 1. The van der Waals surface area contributed by atoms with Crippen LogP contribution in [0.4, 0.5) is 10.2 Å². The highest BCUT2D eigenvalue weighted by Gasteiger charge is 2.14. The van der Waals surface area contributed by atoms with E-state index in [9.17, 15) is 9.18 Å². The molecule has 1 fully saturated rings. The van der Waals surface area contributed by atoms with Crippen LogP contribution >= 0.6 is 12.4 Å². The zero-order valence-electron chi connectivity index (χ0n) is 17.6. The molecule has 11 heteroatoms. The molecule has 3 aromatic rings. The number of halogens is 2. The van der Waals surface area contributed by atoms with Crippen LogP contribution in [-0.2, 0) is 11.3 Å². The van der Waals surface area contributed by atoms with Crippen LogP contribution < -0.4 is 16.3 Å². The molecule has 0 aromatic carbocycles. The van der Waals surface area contributed by atoms with Crippen molar-refractivity contribution in [3.63, 3.8) is 0 Å².